The summed E-state index contributed by atoms with van der Waals surface area (Å²) in [4.78, 5) is 23.4. The van der Waals surface area contributed by atoms with Crippen LogP contribution >= 0.6 is 0 Å². The molecule has 136 valence electrons. The normalized spacial score (nSPS) is 14.3. The summed E-state index contributed by atoms with van der Waals surface area (Å²) < 4.78 is 5.37. The molecule has 0 aliphatic heterocycles. The van der Waals surface area contributed by atoms with Crippen LogP contribution in [-0.4, -0.2) is 24.7 Å². The fourth-order valence-corrected chi connectivity index (χ4v) is 3.44. The van der Waals surface area contributed by atoms with Crippen molar-refractivity contribution in [1.29, 1.82) is 0 Å². The van der Waals surface area contributed by atoms with Gasteiger partial charge in [0.05, 0.1) is 12.0 Å². The monoisotopic (exact) mass is 375 g/mol. The van der Waals surface area contributed by atoms with Crippen molar-refractivity contribution in [3.63, 3.8) is 0 Å². The van der Waals surface area contributed by atoms with E-state index in [0.29, 0.717) is 6.42 Å². The van der Waals surface area contributed by atoms with Crippen molar-refractivity contribution in [1.82, 2.24) is 5.32 Å². The van der Waals surface area contributed by atoms with E-state index in [0.717, 1.165) is 22.3 Å². The van der Waals surface area contributed by atoms with E-state index in [9.17, 15) is 14.7 Å². The van der Waals surface area contributed by atoms with E-state index in [-0.39, 0.29) is 48.0 Å². The molecule has 1 amide bonds. The van der Waals surface area contributed by atoms with Gasteiger partial charge in [-0.3, -0.25) is 0 Å². The fourth-order valence-electron chi connectivity index (χ4n) is 3.44. The standard InChI is InChI=1S/C21H23NO4.Na/c1-3-13(2)19(20(23)24)22-21(25)26-12-18-16-10-6-4-8-14(16)15-9-5-7-11-17(15)18;/h4-11,13,18-19H,3,12H2,1-2H3,(H,22,25)(H,23,24);/q;+1/p-1/t13-,19-;/m0./s1. The Morgan fingerprint density at radius 1 is 1.07 bits per heavy atom. The van der Waals surface area contributed by atoms with Gasteiger partial charge in [0.2, 0.25) is 0 Å². The second kappa shape index (κ2) is 9.40. The molecule has 3 rings (SSSR count). The molecule has 0 aromatic heterocycles. The molecule has 2 aromatic rings. The molecule has 1 aliphatic rings. The van der Waals surface area contributed by atoms with E-state index >= 15 is 0 Å². The molecule has 5 nitrogen and oxygen atoms in total. The average molecular weight is 375 g/mol. The van der Waals surface area contributed by atoms with Crippen LogP contribution in [0.1, 0.15) is 37.3 Å². The minimum absolute atomic E-state index is 0. The zero-order valence-corrected chi connectivity index (χ0v) is 17.9. The fraction of sp³-hybridized carbons (Fsp3) is 0.333. The van der Waals surface area contributed by atoms with Crippen molar-refractivity contribution in [3.8, 4) is 11.1 Å². The summed E-state index contributed by atoms with van der Waals surface area (Å²) in [6.45, 7) is 3.77. The van der Waals surface area contributed by atoms with Crippen LogP contribution in [0.15, 0.2) is 48.5 Å². The number of hydrogen-bond acceptors (Lipinski definition) is 4. The van der Waals surface area contributed by atoms with Crippen LogP contribution in [-0.2, 0) is 9.53 Å². The van der Waals surface area contributed by atoms with Crippen LogP contribution in [0.2, 0.25) is 0 Å². The molecular weight excluding hydrogens is 353 g/mol. The average Bonchev–Trinajstić information content (AvgIpc) is 2.97. The molecule has 0 fully saturated rings. The number of nitrogens with one attached hydrogen (secondary N) is 1. The van der Waals surface area contributed by atoms with Crippen molar-refractivity contribution in [2.75, 3.05) is 6.61 Å². The zero-order chi connectivity index (χ0) is 18.7. The number of carbonyl (C=O) groups excluding carboxylic acids is 2. The number of ether oxygens (including phenoxy) is 1. The van der Waals surface area contributed by atoms with Crippen molar-refractivity contribution in [3.05, 3.63) is 59.7 Å². The number of hydrogen-bond donors (Lipinski definition) is 1. The second-order valence-corrected chi connectivity index (χ2v) is 6.65. The van der Waals surface area contributed by atoms with Gasteiger partial charge in [0.15, 0.2) is 0 Å². The summed E-state index contributed by atoms with van der Waals surface area (Å²) >= 11 is 0. The molecule has 0 bridgehead atoms. The van der Waals surface area contributed by atoms with Crippen molar-refractivity contribution in [2.24, 2.45) is 5.92 Å². The number of amides is 1. The molecular formula is C21H22NNaO4. The molecule has 0 unspecified atom stereocenters. The topological polar surface area (TPSA) is 78.5 Å². The molecule has 0 saturated carbocycles. The van der Waals surface area contributed by atoms with Gasteiger partial charge in [0.1, 0.15) is 6.61 Å². The van der Waals surface area contributed by atoms with Crippen LogP contribution in [0.3, 0.4) is 0 Å². The summed E-state index contributed by atoms with van der Waals surface area (Å²) in [6, 6.07) is 15.0. The Bertz CT molecular complexity index is 778. The maximum absolute atomic E-state index is 12.1. The first-order valence-corrected chi connectivity index (χ1v) is 8.85. The van der Waals surface area contributed by atoms with Gasteiger partial charge < -0.3 is 20.0 Å². The number of rotatable bonds is 6. The van der Waals surface area contributed by atoms with Gasteiger partial charge in [-0.25, -0.2) is 4.79 Å². The Kier molecular flexibility index (Phi) is 7.48. The van der Waals surface area contributed by atoms with Crippen molar-refractivity contribution in [2.45, 2.75) is 32.2 Å². The number of carbonyl (C=O) groups is 2. The van der Waals surface area contributed by atoms with Gasteiger partial charge in [-0.15, -0.1) is 0 Å². The maximum Gasteiger partial charge on any atom is 1.00 e. The number of fused-ring (bicyclic) bond motifs is 3. The Hall–Kier alpha value is -1.82. The molecule has 6 heteroatoms. The molecule has 1 N–H and O–H groups in total. The minimum atomic E-state index is -1.30. The summed E-state index contributed by atoms with van der Waals surface area (Å²) in [5.74, 6) is -1.59. The summed E-state index contributed by atoms with van der Waals surface area (Å²) in [5.41, 5.74) is 4.51. The predicted octanol–water partition coefficient (Wildman–Crippen LogP) is -0.306. The smallest absolute Gasteiger partial charge is 0.548 e. The Morgan fingerprint density at radius 3 is 2.07 bits per heavy atom. The molecule has 1 aliphatic carbocycles. The van der Waals surface area contributed by atoms with Crippen LogP contribution in [0.5, 0.6) is 0 Å². The quantitative estimate of drug-likeness (QED) is 0.703. The van der Waals surface area contributed by atoms with Crippen molar-refractivity contribution < 1.29 is 49.0 Å². The number of aliphatic carboxylic acids is 1. The van der Waals surface area contributed by atoms with E-state index in [1.807, 2.05) is 43.3 Å². The largest absolute Gasteiger partial charge is 1.00 e. The predicted molar refractivity (Wildman–Crippen MR) is 96.5 cm³/mol. The maximum atomic E-state index is 12.1. The van der Waals surface area contributed by atoms with E-state index in [1.54, 1.807) is 6.92 Å². The van der Waals surface area contributed by atoms with Gasteiger partial charge in [-0.1, -0.05) is 68.8 Å². The first-order valence-electron chi connectivity index (χ1n) is 8.85. The van der Waals surface area contributed by atoms with Gasteiger partial charge >= 0.3 is 35.7 Å². The van der Waals surface area contributed by atoms with E-state index in [2.05, 4.69) is 17.4 Å². The van der Waals surface area contributed by atoms with Crippen LogP contribution in [0, 0.1) is 5.92 Å². The Morgan fingerprint density at radius 2 is 1.59 bits per heavy atom. The molecule has 0 radical (unpaired) electrons. The second-order valence-electron chi connectivity index (χ2n) is 6.65. The first kappa shape index (κ1) is 21.5. The third kappa shape index (κ3) is 4.54. The zero-order valence-electron chi connectivity index (χ0n) is 15.9. The molecule has 0 saturated heterocycles. The van der Waals surface area contributed by atoms with E-state index < -0.39 is 18.1 Å². The third-order valence-corrected chi connectivity index (χ3v) is 5.08. The number of carboxylic acids is 1. The Labute approximate surface area is 181 Å². The first-order chi connectivity index (χ1) is 12.5. The Balaban J connectivity index is 0.00000261. The molecule has 2 atom stereocenters. The van der Waals surface area contributed by atoms with Gasteiger partial charge in [0.25, 0.3) is 0 Å². The molecule has 27 heavy (non-hydrogen) atoms. The molecule has 0 spiro atoms. The van der Waals surface area contributed by atoms with Gasteiger partial charge in [-0.05, 0) is 28.2 Å². The van der Waals surface area contributed by atoms with Crippen molar-refractivity contribution >= 4 is 12.1 Å². The number of alkyl carbamates (subject to hydrolysis) is 1. The van der Waals surface area contributed by atoms with Gasteiger partial charge in [-0.2, -0.15) is 0 Å². The minimum Gasteiger partial charge on any atom is -0.548 e. The number of benzene rings is 2. The molecule has 0 heterocycles. The third-order valence-electron chi connectivity index (χ3n) is 5.08. The van der Waals surface area contributed by atoms with E-state index in [4.69, 9.17) is 4.74 Å². The summed E-state index contributed by atoms with van der Waals surface area (Å²) in [5, 5.41) is 13.7. The van der Waals surface area contributed by atoms with E-state index in [1.165, 1.54) is 0 Å². The molecule has 2 aromatic carbocycles. The van der Waals surface area contributed by atoms with Crippen LogP contribution < -0.4 is 40.0 Å². The number of carboxylic acid groups (broad SMARTS) is 1. The summed E-state index contributed by atoms with van der Waals surface area (Å²) in [6.07, 6.45) is -0.121. The van der Waals surface area contributed by atoms with Gasteiger partial charge in [0, 0.05) is 5.92 Å². The SMILES string of the molecule is CC[C@H](C)[C@H](NC(=O)OCC1c2ccccc2-c2ccccc21)C(=O)[O-].[Na+]. The van der Waals surface area contributed by atoms with Crippen LogP contribution in [0.25, 0.3) is 11.1 Å². The van der Waals surface area contributed by atoms with Crippen LogP contribution in [0.4, 0.5) is 4.79 Å². The summed E-state index contributed by atoms with van der Waals surface area (Å²) in [7, 11) is 0.